The number of hydrogen-bond donors (Lipinski definition) is 1. The fraction of sp³-hybridized carbons (Fsp3) is 0.556. The highest BCUT2D eigenvalue weighted by atomic mass is 16.2. The van der Waals surface area contributed by atoms with Crippen LogP contribution in [0.5, 0.6) is 0 Å². The van der Waals surface area contributed by atoms with Crippen molar-refractivity contribution in [3.05, 3.63) is 29.3 Å². The zero-order chi connectivity index (χ0) is 15.7. The summed E-state index contributed by atoms with van der Waals surface area (Å²) in [6.07, 6.45) is 5.38. The molecule has 4 heteroatoms. The van der Waals surface area contributed by atoms with Gasteiger partial charge >= 0.3 is 0 Å². The lowest BCUT2D eigenvalue weighted by molar-refractivity contribution is -0.116. The van der Waals surface area contributed by atoms with E-state index < -0.39 is 0 Å². The second-order valence-corrected chi connectivity index (χ2v) is 6.69. The number of nitrogens with one attached hydrogen (secondary N) is 1. The molecule has 0 unspecified atom stereocenters. The van der Waals surface area contributed by atoms with Gasteiger partial charge in [0.25, 0.3) is 5.91 Å². The number of carbonyl (C=O) groups is 2. The van der Waals surface area contributed by atoms with Crippen LogP contribution >= 0.6 is 0 Å². The van der Waals surface area contributed by atoms with Gasteiger partial charge in [0.15, 0.2) is 0 Å². The van der Waals surface area contributed by atoms with Crippen molar-refractivity contribution in [2.45, 2.75) is 52.0 Å². The van der Waals surface area contributed by atoms with E-state index in [2.05, 4.69) is 12.2 Å². The van der Waals surface area contributed by atoms with Gasteiger partial charge in [-0.15, -0.1) is 0 Å². The van der Waals surface area contributed by atoms with E-state index in [1.54, 1.807) is 11.8 Å². The van der Waals surface area contributed by atoms with Crippen molar-refractivity contribution in [3.63, 3.8) is 0 Å². The Bertz CT molecular complexity index is 589. The number of amides is 2. The number of anilines is 1. The SMILES string of the molecule is CC(=O)N1CCc2cc(C(=O)NC3CCC(C)CC3)ccc21. The first-order valence-electron chi connectivity index (χ1n) is 8.26. The summed E-state index contributed by atoms with van der Waals surface area (Å²) in [5.74, 6) is 0.863. The van der Waals surface area contributed by atoms with Crippen LogP contribution in [0.25, 0.3) is 0 Å². The Hall–Kier alpha value is -1.84. The summed E-state index contributed by atoms with van der Waals surface area (Å²) in [6, 6.07) is 5.99. The Morgan fingerprint density at radius 3 is 2.59 bits per heavy atom. The number of rotatable bonds is 2. The molecule has 2 amide bonds. The van der Waals surface area contributed by atoms with Crippen molar-refractivity contribution in [2.75, 3.05) is 11.4 Å². The third-order valence-corrected chi connectivity index (χ3v) is 4.97. The maximum Gasteiger partial charge on any atom is 0.251 e. The molecule has 1 heterocycles. The van der Waals surface area contributed by atoms with E-state index in [1.165, 1.54) is 12.8 Å². The monoisotopic (exact) mass is 300 g/mol. The third-order valence-electron chi connectivity index (χ3n) is 4.97. The van der Waals surface area contributed by atoms with E-state index in [9.17, 15) is 9.59 Å². The topological polar surface area (TPSA) is 49.4 Å². The normalized spacial score (nSPS) is 24.0. The minimum atomic E-state index is 0.0172. The van der Waals surface area contributed by atoms with Gasteiger partial charge in [-0.25, -0.2) is 0 Å². The number of fused-ring (bicyclic) bond motifs is 1. The van der Waals surface area contributed by atoms with Crippen molar-refractivity contribution in [3.8, 4) is 0 Å². The van der Waals surface area contributed by atoms with Gasteiger partial charge in [0.2, 0.25) is 5.91 Å². The molecule has 1 N–H and O–H groups in total. The average molecular weight is 300 g/mol. The summed E-state index contributed by atoms with van der Waals surface area (Å²) in [5, 5.41) is 3.16. The standard InChI is InChI=1S/C18H24N2O2/c1-12-3-6-16(7-4-12)19-18(22)15-5-8-17-14(11-15)9-10-20(17)13(2)21/h5,8,11-12,16H,3-4,6-7,9-10H2,1-2H3,(H,19,22). The van der Waals surface area contributed by atoms with Gasteiger partial charge in [-0.05, 0) is 61.8 Å². The molecule has 0 saturated heterocycles. The Balaban J connectivity index is 1.68. The lowest BCUT2D eigenvalue weighted by atomic mass is 9.87. The number of hydrogen-bond acceptors (Lipinski definition) is 2. The van der Waals surface area contributed by atoms with E-state index in [4.69, 9.17) is 0 Å². The highest BCUT2D eigenvalue weighted by molar-refractivity contribution is 5.98. The maximum absolute atomic E-state index is 12.4. The van der Waals surface area contributed by atoms with Crippen LogP contribution in [-0.4, -0.2) is 24.4 Å². The summed E-state index contributed by atoms with van der Waals surface area (Å²) in [4.78, 5) is 25.8. The predicted octanol–water partition coefficient (Wildman–Crippen LogP) is 2.90. The fourth-order valence-corrected chi connectivity index (χ4v) is 3.54. The quantitative estimate of drug-likeness (QED) is 0.913. The molecule has 0 atom stereocenters. The fourth-order valence-electron chi connectivity index (χ4n) is 3.54. The predicted molar refractivity (Wildman–Crippen MR) is 87.1 cm³/mol. The zero-order valence-electron chi connectivity index (χ0n) is 13.4. The van der Waals surface area contributed by atoms with Gasteiger partial charge in [-0.3, -0.25) is 9.59 Å². The molecule has 1 aliphatic carbocycles. The van der Waals surface area contributed by atoms with Crippen LogP contribution in [0.4, 0.5) is 5.69 Å². The molecule has 0 bridgehead atoms. The molecule has 2 aliphatic rings. The summed E-state index contributed by atoms with van der Waals surface area (Å²) >= 11 is 0. The first kappa shape index (κ1) is 15.1. The van der Waals surface area contributed by atoms with Gasteiger partial charge in [-0.2, -0.15) is 0 Å². The Labute approximate surface area is 131 Å². The van der Waals surface area contributed by atoms with Gasteiger partial charge in [0.05, 0.1) is 0 Å². The molecule has 0 spiro atoms. The molecular formula is C18H24N2O2. The van der Waals surface area contributed by atoms with Crippen molar-refractivity contribution in [1.82, 2.24) is 5.32 Å². The third kappa shape index (κ3) is 3.01. The second kappa shape index (κ2) is 6.11. The Kier molecular flexibility index (Phi) is 4.19. The van der Waals surface area contributed by atoms with E-state index in [0.29, 0.717) is 11.6 Å². The number of carbonyl (C=O) groups excluding carboxylic acids is 2. The largest absolute Gasteiger partial charge is 0.349 e. The van der Waals surface area contributed by atoms with Crippen LogP contribution in [-0.2, 0) is 11.2 Å². The molecule has 22 heavy (non-hydrogen) atoms. The molecule has 1 aliphatic heterocycles. The van der Waals surface area contributed by atoms with Crippen molar-refractivity contribution >= 4 is 17.5 Å². The van der Waals surface area contributed by atoms with Crippen molar-refractivity contribution < 1.29 is 9.59 Å². The molecule has 1 aromatic rings. The van der Waals surface area contributed by atoms with E-state index >= 15 is 0 Å². The molecule has 0 radical (unpaired) electrons. The molecule has 1 aromatic carbocycles. The smallest absolute Gasteiger partial charge is 0.251 e. The number of benzene rings is 1. The molecule has 118 valence electrons. The van der Waals surface area contributed by atoms with Crippen LogP contribution in [0.15, 0.2) is 18.2 Å². The highest BCUT2D eigenvalue weighted by Gasteiger charge is 2.24. The van der Waals surface area contributed by atoms with E-state index in [-0.39, 0.29) is 11.8 Å². The minimum absolute atomic E-state index is 0.0172. The van der Waals surface area contributed by atoms with Gasteiger partial charge in [0, 0.05) is 30.8 Å². The van der Waals surface area contributed by atoms with Crippen molar-refractivity contribution in [1.29, 1.82) is 0 Å². The first-order valence-corrected chi connectivity index (χ1v) is 8.26. The zero-order valence-corrected chi connectivity index (χ0v) is 13.4. The summed E-state index contributed by atoms with van der Waals surface area (Å²) < 4.78 is 0. The lowest BCUT2D eigenvalue weighted by Crippen LogP contribution is -2.37. The highest BCUT2D eigenvalue weighted by Crippen LogP contribution is 2.29. The van der Waals surface area contributed by atoms with E-state index in [1.807, 2.05) is 18.2 Å². The number of nitrogens with zero attached hydrogens (tertiary/aromatic N) is 1. The maximum atomic E-state index is 12.4. The summed E-state index contributed by atoms with van der Waals surface area (Å²) in [6.45, 7) is 4.58. The summed E-state index contributed by atoms with van der Waals surface area (Å²) in [5.41, 5.74) is 2.76. The Morgan fingerprint density at radius 1 is 1.18 bits per heavy atom. The lowest BCUT2D eigenvalue weighted by Gasteiger charge is -2.27. The van der Waals surface area contributed by atoms with Crippen molar-refractivity contribution in [2.24, 2.45) is 5.92 Å². The van der Waals surface area contributed by atoms with Crippen LogP contribution in [0.1, 0.15) is 55.5 Å². The van der Waals surface area contributed by atoms with Gasteiger partial charge in [0.1, 0.15) is 0 Å². The molecule has 3 rings (SSSR count). The van der Waals surface area contributed by atoms with E-state index in [0.717, 1.165) is 43.0 Å². The average Bonchev–Trinajstić information content (AvgIpc) is 2.92. The molecule has 1 saturated carbocycles. The van der Waals surface area contributed by atoms with Crippen LogP contribution < -0.4 is 10.2 Å². The molecular weight excluding hydrogens is 276 g/mol. The molecule has 4 nitrogen and oxygen atoms in total. The summed E-state index contributed by atoms with van der Waals surface area (Å²) in [7, 11) is 0. The Morgan fingerprint density at radius 2 is 1.91 bits per heavy atom. The van der Waals surface area contributed by atoms with Crippen LogP contribution in [0, 0.1) is 5.92 Å². The van der Waals surface area contributed by atoms with Gasteiger partial charge in [-0.1, -0.05) is 6.92 Å². The van der Waals surface area contributed by atoms with Crippen LogP contribution in [0.2, 0.25) is 0 Å². The van der Waals surface area contributed by atoms with Gasteiger partial charge < -0.3 is 10.2 Å². The van der Waals surface area contributed by atoms with Crippen LogP contribution in [0.3, 0.4) is 0 Å². The first-order chi connectivity index (χ1) is 10.5. The molecule has 1 fully saturated rings. The minimum Gasteiger partial charge on any atom is -0.349 e. The molecule has 0 aromatic heterocycles. The second-order valence-electron chi connectivity index (χ2n) is 6.69.